The summed E-state index contributed by atoms with van der Waals surface area (Å²) < 4.78 is 1.04. The van der Waals surface area contributed by atoms with Crippen molar-refractivity contribution in [2.24, 2.45) is 11.5 Å². The molecule has 0 aliphatic heterocycles. The predicted molar refractivity (Wildman–Crippen MR) is 84.1 cm³/mol. The second-order valence-electron chi connectivity index (χ2n) is 4.92. The summed E-state index contributed by atoms with van der Waals surface area (Å²) >= 11 is 5.12. The van der Waals surface area contributed by atoms with E-state index in [4.69, 9.17) is 11.5 Å². The van der Waals surface area contributed by atoms with Crippen LogP contribution in [0.15, 0.2) is 15.9 Å². The van der Waals surface area contributed by atoms with Crippen molar-refractivity contribution >= 4 is 33.2 Å². The Bertz CT molecular complexity index is 422. The molecule has 1 rings (SSSR count). The molecule has 4 nitrogen and oxygen atoms in total. The molecule has 1 heterocycles. The summed E-state index contributed by atoms with van der Waals surface area (Å²) in [5.41, 5.74) is 11.6. The van der Waals surface area contributed by atoms with Gasteiger partial charge in [0, 0.05) is 26.8 Å². The van der Waals surface area contributed by atoms with Gasteiger partial charge in [-0.3, -0.25) is 9.69 Å². The highest BCUT2D eigenvalue weighted by Crippen LogP contribution is 2.33. The standard InChI is InChI=1S/C13H22BrN3OS/c1-4-10(15)13(11-5-9(14)7-19-11)17(8(2)3)6-12(16)18/h5,7-8,10,13H,4,6,15H2,1-3H3,(H2,16,18). The molecule has 0 aromatic carbocycles. The van der Waals surface area contributed by atoms with Gasteiger partial charge in [0.1, 0.15) is 0 Å². The molecule has 108 valence electrons. The fourth-order valence-electron chi connectivity index (χ4n) is 2.11. The minimum Gasteiger partial charge on any atom is -0.369 e. The Hall–Kier alpha value is -0.430. The molecule has 0 aliphatic rings. The van der Waals surface area contributed by atoms with Crippen LogP contribution in [0.3, 0.4) is 0 Å². The number of hydrogen-bond acceptors (Lipinski definition) is 4. The van der Waals surface area contributed by atoms with Gasteiger partial charge in [-0.1, -0.05) is 6.92 Å². The Morgan fingerprint density at radius 2 is 2.16 bits per heavy atom. The number of primary amides is 1. The van der Waals surface area contributed by atoms with Crippen LogP contribution in [0, 0.1) is 0 Å². The molecule has 0 fully saturated rings. The molecule has 0 spiro atoms. The Labute approximate surface area is 127 Å². The first-order chi connectivity index (χ1) is 8.86. The molecule has 19 heavy (non-hydrogen) atoms. The van der Waals surface area contributed by atoms with E-state index in [0.29, 0.717) is 0 Å². The van der Waals surface area contributed by atoms with Crippen molar-refractivity contribution in [3.63, 3.8) is 0 Å². The van der Waals surface area contributed by atoms with Gasteiger partial charge in [-0.15, -0.1) is 11.3 Å². The maximum Gasteiger partial charge on any atom is 0.231 e. The van der Waals surface area contributed by atoms with Gasteiger partial charge in [0.15, 0.2) is 0 Å². The van der Waals surface area contributed by atoms with Crippen LogP contribution in [0.25, 0.3) is 0 Å². The summed E-state index contributed by atoms with van der Waals surface area (Å²) in [4.78, 5) is 14.5. The van der Waals surface area contributed by atoms with Gasteiger partial charge in [0.05, 0.1) is 12.6 Å². The van der Waals surface area contributed by atoms with Crippen molar-refractivity contribution in [2.45, 2.75) is 45.3 Å². The molecule has 0 saturated carbocycles. The first kappa shape index (κ1) is 16.6. The molecule has 0 radical (unpaired) electrons. The number of halogens is 1. The summed E-state index contributed by atoms with van der Waals surface area (Å²) in [5, 5.41) is 2.04. The van der Waals surface area contributed by atoms with Gasteiger partial charge < -0.3 is 11.5 Å². The smallest absolute Gasteiger partial charge is 0.231 e. The lowest BCUT2D eigenvalue weighted by Crippen LogP contribution is -2.47. The molecule has 0 aliphatic carbocycles. The van der Waals surface area contributed by atoms with Gasteiger partial charge >= 0.3 is 0 Å². The van der Waals surface area contributed by atoms with E-state index in [0.717, 1.165) is 15.8 Å². The average molecular weight is 348 g/mol. The lowest BCUT2D eigenvalue weighted by Gasteiger charge is -2.36. The normalized spacial score (nSPS) is 14.9. The van der Waals surface area contributed by atoms with Crippen molar-refractivity contribution in [1.82, 2.24) is 4.90 Å². The van der Waals surface area contributed by atoms with Gasteiger partial charge in [0.25, 0.3) is 0 Å². The van der Waals surface area contributed by atoms with Crippen LogP contribution < -0.4 is 11.5 Å². The summed E-state index contributed by atoms with van der Waals surface area (Å²) in [5.74, 6) is -0.322. The summed E-state index contributed by atoms with van der Waals surface area (Å²) in [6.45, 7) is 6.40. The third kappa shape index (κ3) is 4.56. The molecule has 0 bridgehead atoms. The van der Waals surface area contributed by atoms with E-state index in [1.807, 2.05) is 5.38 Å². The molecule has 1 aromatic heterocycles. The van der Waals surface area contributed by atoms with Gasteiger partial charge in [-0.2, -0.15) is 0 Å². The van der Waals surface area contributed by atoms with Crippen LogP contribution in [0.1, 0.15) is 38.1 Å². The first-order valence-corrected chi connectivity index (χ1v) is 8.07. The zero-order chi connectivity index (χ0) is 14.6. The van der Waals surface area contributed by atoms with E-state index in [2.05, 4.69) is 47.7 Å². The van der Waals surface area contributed by atoms with E-state index < -0.39 is 0 Å². The largest absolute Gasteiger partial charge is 0.369 e. The van der Waals surface area contributed by atoms with E-state index in [1.54, 1.807) is 11.3 Å². The number of amides is 1. The maximum atomic E-state index is 11.3. The van der Waals surface area contributed by atoms with E-state index in [1.165, 1.54) is 0 Å². The molecule has 6 heteroatoms. The van der Waals surface area contributed by atoms with E-state index >= 15 is 0 Å². The molecule has 2 atom stereocenters. The summed E-state index contributed by atoms with van der Waals surface area (Å²) in [7, 11) is 0. The fourth-order valence-corrected chi connectivity index (χ4v) is 3.75. The van der Waals surface area contributed by atoms with Gasteiger partial charge in [-0.05, 0) is 42.3 Å². The SMILES string of the molecule is CCC(N)C(c1cc(Br)cs1)N(CC(N)=O)C(C)C. The highest BCUT2D eigenvalue weighted by atomic mass is 79.9. The van der Waals surface area contributed by atoms with Crippen molar-refractivity contribution < 1.29 is 4.79 Å². The van der Waals surface area contributed by atoms with Crippen LogP contribution in [-0.2, 0) is 4.79 Å². The average Bonchev–Trinajstić information content (AvgIpc) is 2.73. The van der Waals surface area contributed by atoms with Crippen LogP contribution in [0.2, 0.25) is 0 Å². The van der Waals surface area contributed by atoms with E-state index in [9.17, 15) is 4.79 Å². The van der Waals surface area contributed by atoms with Crippen LogP contribution >= 0.6 is 27.3 Å². The molecule has 4 N–H and O–H groups in total. The van der Waals surface area contributed by atoms with Crippen molar-refractivity contribution in [2.75, 3.05) is 6.54 Å². The second kappa shape index (κ2) is 7.38. The van der Waals surface area contributed by atoms with Crippen LogP contribution in [-0.4, -0.2) is 29.4 Å². The zero-order valence-electron chi connectivity index (χ0n) is 11.6. The highest BCUT2D eigenvalue weighted by Gasteiger charge is 2.29. The fraction of sp³-hybridized carbons (Fsp3) is 0.615. The minimum atomic E-state index is -0.322. The van der Waals surface area contributed by atoms with Gasteiger partial charge in [0.2, 0.25) is 5.91 Å². The van der Waals surface area contributed by atoms with Crippen LogP contribution in [0.4, 0.5) is 0 Å². The van der Waals surface area contributed by atoms with Crippen molar-refractivity contribution in [3.8, 4) is 0 Å². The van der Waals surface area contributed by atoms with Crippen molar-refractivity contribution in [3.05, 3.63) is 20.8 Å². The Morgan fingerprint density at radius 3 is 2.53 bits per heavy atom. The predicted octanol–water partition coefficient (Wildman–Crippen LogP) is 2.48. The molecular weight excluding hydrogens is 326 g/mol. The summed E-state index contributed by atoms with van der Waals surface area (Å²) in [6.07, 6.45) is 0.849. The number of thiophene rings is 1. The topological polar surface area (TPSA) is 72.3 Å². The maximum absolute atomic E-state index is 11.3. The monoisotopic (exact) mass is 347 g/mol. The number of nitrogens with two attached hydrogens (primary N) is 2. The first-order valence-electron chi connectivity index (χ1n) is 6.40. The Kier molecular flexibility index (Phi) is 6.46. The minimum absolute atomic E-state index is 0.0210. The summed E-state index contributed by atoms with van der Waals surface area (Å²) in [6, 6.07) is 2.28. The Balaban J connectivity index is 3.09. The highest BCUT2D eigenvalue weighted by molar-refractivity contribution is 9.10. The molecular formula is C13H22BrN3OS. The number of carbonyl (C=O) groups excluding carboxylic acids is 1. The molecule has 0 saturated heterocycles. The molecule has 1 amide bonds. The Morgan fingerprint density at radius 1 is 1.53 bits per heavy atom. The lowest BCUT2D eigenvalue weighted by molar-refractivity contribution is -0.120. The van der Waals surface area contributed by atoms with E-state index in [-0.39, 0.29) is 30.6 Å². The third-order valence-corrected chi connectivity index (χ3v) is 4.88. The zero-order valence-corrected chi connectivity index (χ0v) is 14.0. The number of carbonyl (C=O) groups is 1. The molecule has 1 aromatic rings. The lowest BCUT2D eigenvalue weighted by atomic mass is 10.0. The number of hydrogen-bond donors (Lipinski definition) is 2. The number of nitrogens with zero attached hydrogens (tertiary/aromatic N) is 1. The second-order valence-corrected chi connectivity index (χ2v) is 6.78. The van der Waals surface area contributed by atoms with Crippen LogP contribution in [0.5, 0.6) is 0 Å². The number of rotatable bonds is 7. The van der Waals surface area contributed by atoms with Gasteiger partial charge in [-0.25, -0.2) is 0 Å². The molecule has 2 unspecified atom stereocenters. The third-order valence-electron chi connectivity index (χ3n) is 3.12. The quantitative estimate of drug-likeness (QED) is 0.795. The van der Waals surface area contributed by atoms with Crippen molar-refractivity contribution in [1.29, 1.82) is 0 Å².